The van der Waals surface area contributed by atoms with Crippen LogP contribution in [0, 0.1) is 11.3 Å². The predicted octanol–water partition coefficient (Wildman–Crippen LogP) is 0.298. The fraction of sp³-hybridized carbons (Fsp3) is 0.412. The standard InChI is InChI=1S/C17H20N6O2/c18-9-16-20-13-23(21-16)12-17(24)19-10-14-3-1-2-4-15(14)11-22-5-7-25-8-6-22/h1-4,13H,5-8,10-12H2,(H,19,24). The highest BCUT2D eigenvalue weighted by atomic mass is 16.5. The third kappa shape index (κ3) is 4.86. The number of benzene rings is 1. The molecule has 0 saturated carbocycles. The molecule has 2 aromatic rings. The van der Waals surface area contributed by atoms with Crippen molar-refractivity contribution >= 4 is 5.91 Å². The second kappa shape index (κ2) is 8.37. The minimum Gasteiger partial charge on any atom is -0.379 e. The van der Waals surface area contributed by atoms with Crippen LogP contribution in [-0.4, -0.2) is 51.9 Å². The van der Waals surface area contributed by atoms with E-state index >= 15 is 0 Å². The van der Waals surface area contributed by atoms with Crippen LogP contribution >= 0.6 is 0 Å². The summed E-state index contributed by atoms with van der Waals surface area (Å²) < 4.78 is 6.74. The highest BCUT2D eigenvalue weighted by molar-refractivity contribution is 5.75. The number of nitrogens with zero attached hydrogens (tertiary/aromatic N) is 5. The first-order valence-electron chi connectivity index (χ1n) is 8.18. The number of aromatic nitrogens is 3. The van der Waals surface area contributed by atoms with Gasteiger partial charge in [0.05, 0.1) is 13.2 Å². The number of hydrogen-bond acceptors (Lipinski definition) is 6. The first kappa shape index (κ1) is 17.1. The molecular formula is C17H20N6O2. The zero-order chi connectivity index (χ0) is 17.5. The summed E-state index contributed by atoms with van der Waals surface area (Å²) in [7, 11) is 0. The Balaban J connectivity index is 1.55. The van der Waals surface area contributed by atoms with Gasteiger partial charge in [-0.3, -0.25) is 9.69 Å². The highest BCUT2D eigenvalue weighted by Gasteiger charge is 2.13. The molecule has 1 fully saturated rings. The van der Waals surface area contributed by atoms with Gasteiger partial charge >= 0.3 is 0 Å². The molecule has 1 aliphatic heterocycles. The summed E-state index contributed by atoms with van der Waals surface area (Å²) in [4.78, 5) is 18.2. The molecule has 0 aliphatic carbocycles. The van der Waals surface area contributed by atoms with Crippen molar-refractivity contribution in [2.24, 2.45) is 0 Å². The maximum Gasteiger partial charge on any atom is 0.252 e. The van der Waals surface area contributed by atoms with E-state index in [-0.39, 0.29) is 18.3 Å². The number of amides is 1. The number of rotatable bonds is 6. The largest absolute Gasteiger partial charge is 0.379 e. The Hall–Kier alpha value is -2.76. The summed E-state index contributed by atoms with van der Waals surface area (Å²) >= 11 is 0. The Kier molecular flexibility index (Phi) is 5.72. The smallest absolute Gasteiger partial charge is 0.252 e. The zero-order valence-electron chi connectivity index (χ0n) is 13.9. The van der Waals surface area contributed by atoms with Crippen LogP contribution in [0.1, 0.15) is 17.0 Å². The molecule has 25 heavy (non-hydrogen) atoms. The first-order chi connectivity index (χ1) is 12.2. The monoisotopic (exact) mass is 340 g/mol. The second-order valence-electron chi connectivity index (χ2n) is 5.81. The quantitative estimate of drug-likeness (QED) is 0.812. The van der Waals surface area contributed by atoms with Crippen molar-refractivity contribution in [3.05, 3.63) is 47.5 Å². The zero-order valence-corrected chi connectivity index (χ0v) is 13.9. The second-order valence-corrected chi connectivity index (χ2v) is 5.81. The first-order valence-corrected chi connectivity index (χ1v) is 8.18. The molecule has 1 aromatic heterocycles. The van der Waals surface area contributed by atoms with Crippen LogP contribution in [0.15, 0.2) is 30.6 Å². The number of ether oxygens (including phenoxy) is 1. The van der Waals surface area contributed by atoms with Crippen molar-refractivity contribution in [2.45, 2.75) is 19.6 Å². The van der Waals surface area contributed by atoms with Gasteiger partial charge in [0.25, 0.3) is 5.82 Å². The lowest BCUT2D eigenvalue weighted by atomic mass is 10.1. The van der Waals surface area contributed by atoms with E-state index in [0.717, 1.165) is 38.4 Å². The summed E-state index contributed by atoms with van der Waals surface area (Å²) in [5.41, 5.74) is 2.30. The van der Waals surface area contributed by atoms with Gasteiger partial charge in [0.1, 0.15) is 18.9 Å². The Bertz CT molecular complexity index is 760. The molecule has 8 nitrogen and oxygen atoms in total. The number of carbonyl (C=O) groups is 1. The van der Waals surface area contributed by atoms with E-state index in [1.54, 1.807) is 0 Å². The number of nitriles is 1. The van der Waals surface area contributed by atoms with E-state index in [0.29, 0.717) is 6.54 Å². The molecule has 0 unspecified atom stereocenters. The van der Waals surface area contributed by atoms with Crippen LogP contribution < -0.4 is 5.32 Å². The average Bonchev–Trinajstić information content (AvgIpc) is 3.09. The minimum absolute atomic E-state index is 0.0420. The van der Waals surface area contributed by atoms with Crippen molar-refractivity contribution in [1.82, 2.24) is 25.0 Å². The lowest BCUT2D eigenvalue weighted by molar-refractivity contribution is -0.122. The average molecular weight is 340 g/mol. The Morgan fingerprint density at radius 3 is 2.76 bits per heavy atom. The topological polar surface area (TPSA) is 96.1 Å². The molecule has 3 rings (SSSR count). The minimum atomic E-state index is -0.171. The van der Waals surface area contributed by atoms with Gasteiger partial charge in [-0.15, -0.1) is 5.10 Å². The molecule has 1 N–H and O–H groups in total. The van der Waals surface area contributed by atoms with Crippen molar-refractivity contribution in [2.75, 3.05) is 26.3 Å². The van der Waals surface area contributed by atoms with E-state index < -0.39 is 0 Å². The van der Waals surface area contributed by atoms with Gasteiger partial charge in [0.15, 0.2) is 0 Å². The van der Waals surface area contributed by atoms with Gasteiger partial charge in [-0.2, -0.15) is 5.26 Å². The molecule has 0 spiro atoms. The van der Waals surface area contributed by atoms with Gasteiger partial charge in [-0.25, -0.2) is 9.67 Å². The summed E-state index contributed by atoms with van der Waals surface area (Å²) in [5.74, 6) is -0.112. The Labute approximate surface area is 146 Å². The molecule has 0 radical (unpaired) electrons. The van der Waals surface area contributed by atoms with Crippen molar-refractivity contribution in [3.63, 3.8) is 0 Å². The molecule has 0 atom stereocenters. The molecule has 1 aliphatic rings. The normalized spacial score (nSPS) is 14.8. The molecule has 0 bridgehead atoms. The summed E-state index contributed by atoms with van der Waals surface area (Å²) in [6.45, 7) is 4.73. The van der Waals surface area contributed by atoms with Gasteiger partial charge in [-0.1, -0.05) is 24.3 Å². The molecule has 2 heterocycles. The van der Waals surface area contributed by atoms with E-state index in [2.05, 4.69) is 26.4 Å². The number of morpholine rings is 1. The number of nitrogens with one attached hydrogen (secondary N) is 1. The molecule has 8 heteroatoms. The van der Waals surface area contributed by atoms with Crippen LogP contribution in [0.3, 0.4) is 0 Å². The summed E-state index contributed by atoms with van der Waals surface area (Å²) in [6, 6.07) is 9.94. The third-order valence-corrected chi connectivity index (χ3v) is 4.03. The molecule has 130 valence electrons. The lowest BCUT2D eigenvalue weighted by Crippen LogP contribution is -2.36. The SMILES string of the molecule is N#Cc1ncn(CC(=O)NCc2ccccc2CN2CCOCC2)n1. The number of hydrogen-bond donors (Lipinski definition) is 1. The maximum absolute atomic E-state index is 12.1. The Morgan fingerprint density at radius 1 is 1.28 bits per heavy atom. The lowest BCUT2D eigenvalue weighted by Gasteiger charge is -2.27. The van der Waals surface area contributed by atoms with Crippen LogP contribution in [0.5, 0.6) is 0 Å². The van der Waals surface area contributed by atoms with Crippen molar-refractivity contribution in [1.29, 1.82) is 5.26 Å². The molecule has 1 aromatic carbocycles. The summed E-state index contributed by atoms with van der Waals surface area (Å²) in [6.07, 6.45) is 1.38. The van der Waals surface area contributed by atoms with Gasteiger partial charge < -0.3 is 10.1 Å². The third-order valence-electron chi connectivity index (χ3n) is 4.03. The highest BCUT2D eigenvalue weighted by Crippen LogP contribution is 2.13. The van der Waals surface area contributed by atoms with E-state index in [1.807, 2.05) is 24.3 Å². The summed E-state index contributed by atoms with van der Waals surface area (Å²) in [5, 5.41) is 15.5. The van der Waals surface area contributed by atoms with Gasteiger partial charge in [0, 0.05) is 26.2 Å². The fourth-order valence-corrected chi connectivity index (χ4v) is 2.70. The van der Waals surface area contributed by atoms with Crippen molar-refractivity contribution in [3.8, 4) is 6.07 Å². The molecule has 1 amide bonds. The van der Waals surface area contributed by atoms with E-state index in [4.69, 9.17) is 10.00 Å². The van der Waals surface area contributed by atoms with E-state index in [9.17, 15) is 4.79 Å². The number of carbonyl (C=O) groups excluding carboxylic acids is 1. The molecular weight excluding hydrogens is 320 g/mol. The Morgan fingerprint density at radius 2 is 2.04 bits per heavy atom. The van der Waals surface area contributed by atoms with Crippen LogP contribution in [0.25, 0.3) is 0 Å². The van der Waals surface area contributed by atoms with Crippen LogP contribution in [-0.2, 0) is 29.2 Å². The molecule has 1 saturated heterocycles. The van der Waals surface area contributed by atoms with E-state index in [1.165, 1.54) is 16.6 Å². The van der Waals surface area contributed by atoms with Gasteiger partial charge in [0.2, 0.25) is 5.91 Å². The van der Waals surface area contributed by atoms with Gasteiger partial charge in [-0.05, 0) is 11.1 Å². The predicted molar refractivity (Wildman–Crippen MR) is 89.1 cm³/mol. The fourth-order valence-electron chi connectivity index (χ4n) is 2.70. The van der Waals surface area contributed by atoms with Crippen LogP contribution in [0.2, 0.25) is 0 Å². The maximum atomic E-state index is 12.1. The van der Waals surface area contributed by atoms with Crippen molar-refractivity contribution < 1.29 is 9.53 Å². The van der Waals surface area contributed by atoms with Crippen LogP contribution in [0.4, 0.5) is 0 Å².